The third kappa shape index (κ3) is 4.54. The summed E-state index contributed by atoms with van der Waals surface area (Å²) in [7, 11) is 0. The molecule has 5 nitrogen and oxygen atoms in total. The Morgan fingerprint density at radius 1 is 1.15 bits per heavy atom. The Labute approximate surface area is 154 Å². The monoisotopic (exact) mass is 348 g/mol. The van der Waals surface area contributed by atoms with Gasteiger partial charge in [0.25, 0.3) is 0 Å². The molecule has 2 aromatic carbocycles. The first-order valence-corrected chi connectivity index (χ1v) is 9.03. The number of nitrogens with one attached hydrogen (secondary N) is 2. The number of nitriles is 1. The SMILES string of the molecule is CC1CCN(c2ccc(NC(=O)CNc3ccccc3C#N)cc2)CC1. The molecule has 0 spiro atoms. The molecule has 1 heterocycles. The van der Waals surface area contributed by atoms with Crippen molar-refractivity contribution in [2.75, 3.05) is 35.2 Å². The number of nitrogens with zero attached hydrogens (tertiary/aromatic N) is 2. The number of rotatable bonds is 5. The summed E-state index contributed by atoms with van der Waals surface area (Å²) in [6.45, 7) is 4.60. The lowest BCUT2D eigenvalue weighted by Crippen LogP contribution is -2.32. The molecule has 1 saturated heterocycles. The van der Waals surface area contributed by atoms with Gasteiger partial charge in [-0.2, -0.15) is 5.26 Å². The van der Waals surface area contributed by atoms with E-state index in [1.165, 1.54) is 18.5 Å². The third-order valence-corrected chi connectivity index (χ3v) is 4.79. The predicted molar refractivity (Wildman–Crippen MR) is 105 cm³/mol. The van der Waals surface area contributed by atoms with Crippen LogP contribution in [0.4, 0.5) is 17.1 Å². The maximum Gasteiger partial charge on any atom is 0.243 e. The van der Waals surface area contributed by atoms with Crippen molar-refractivity contribution in [3.05, 3.63) is 54.1 Å². The maximum atomic E-state index is 12.1. The molecule has 0 atom stereocenters. The highest BCUT2D eigenvalue weighted by Gasteiger charge is 2.15. The Balaban J connectivity index is 1.52. The van der Waals surface area contributed by atoms with Gasteiger partial charge in [0.1, 0.15) is 6.07 Å². The molecule has 0 aliphatic carbocycles. The zero-order chi connectivity index (χ0) is 18.4. The van der Waals surface area contributed by atoms with Gasteiger partial charge in [0.05, 0.1) is 17.8 Å². The molecule has 1 aliphatic heterocycles. The van der Waals surface area contributed by atoms with Gasteiger partial charge in [0.2, 0.25) is 5.91 Å². The Morgan fingerprint density at radius 3 is 2.54 bits per heavy atom. The van der Waals surface area contributed by atoms with E-state index in [4.69, 9.17) is 5.26 Å². The number of hydrogen-bond acceptors (Lipinski definition) is 4. The van der Waals surface area contributed by atoms with Crippen LogP contribution in [0.15, 0.2) is 48.5 Å². The lowest BCUT2D eigenvalue weighted by atomic mass is 9.99. The fraction of sp³-hybridized carbons (Fsp3) is 0.333. The van der Waals surface area contributed by atoms with Gasteiger partial charge in [-0.1, -0.05) is 19.1 Å². The van der Waals surface area contributed by atoms with E-state index in [1.54, 1.807) is 18.2 Å². The summed E-state index contributed by atoms with van der Waals surface area (Å²) in [5.41, 5.74) is 3.18. The van der Waals surface area contributed by atoms with Gasteiger partial charge >= 0.3 is 0 Å². The maximum absolute atomic E-state index is 12.1. The first-order chi connectivity index (χ1) is 12.7. The van der Waals surface area contributed by atoms with Gasteiger partial charge in [-0.15, -0.1) is 0 Å². The van der Waals surface area contributed by atoms with Crippen LogP contribution in [-0.2, 0) is 4.79 Å². The molecule has 0 bridgehead atoms. The van der Waals surface area contributed by atoms with Crippen LogP contribution in [0.2, 0.25) is 0 Å². The summed E-state index contributed by atoms with van der Waals surface area (Å²) < 4.78 is 0. The van der Waals surface area contributed by atoms with E-state index >= 15 is 0 Å². The van der Waals surface area contributed by atoms with Crippen LogP contribution in [0.5, 0.6) is 0 Å². The van der Waals surface area contributed by atoms with Gasteiger partial charge in [-0.25, -0.2) is 0 Å². The highest BCUT2D eigenvalue weighted by atomic mass is 16.1. The molecular weight excluding hydrogens is 324 g/mol. The Morgan fingerprint density at radius 2 is 1.85 bits per heavy atom. The molecular formula is C21H24N4O. The fourth-order valence-corrected chi connectivity index (χ4v) is 3.14. The van der Waals surface area contributed by atoms with E-state index < -0.39 is 0 Å². The molecule has 3 rings (SSSR count). The van der Waals surface area contributed by atoms with Crippen LogP contribution in [0.25, 0.3) is 0 Å². The topological polar surface area (TPSA) is 68.2 Å². The van der Waals surface area contributed by atoms with Crippen molar-refractivity contribution >= 4 is 23.0 Å². The van der Waals surface area contributed by atoms with Crippen LogP contribution in [-0.4, -0.2) is 25.5 Å². The first kappa shape index (κ1) is 17.8. The van der Waals surface area contributed by atoms with Gasteiger partial charge in [0, 0.05) is 24.5 Å². The third-order valence-electron chi connectivity index (χ3n) is 4.79. The van der Waals surface area contributed by atoms with E-state index in [0.717, 1.165) is 24.7 Å². The molecule has 0 aromatic heterocycles. The van der Waals surface area contributed by atoms with Gasteiger partial charge in [-0.05, 0) is 55.2 Å². The molecule has 1 amide bonds. The Hall–Kier alpha value is -3.00. The minimum atomic E-state index is -0.141. The van der Waals surface area contributed by atoms with Crippen molar-refractivity contribution in [2.24, 2.45) is 5.92 Å². The largest absolute Gasteiger partial charge is 0.375 e. The first-order valence-electron chi connectivity index (χ1n) is 9.03. The number of para-hydroxylation sites is 1. The van der Waals surface area contributed by atoms with Crippen molar-refractivity contribution in [3.63, 3.8) is 0 Å². The lowest BCUT2D eigenvalue weighted by molar-refractivity contribution is -0.114. The summed E-state index contributed by atoms with van der Waals surface area (Å²) in [5.74, 6) is 0.667. The van der Waals surface area contributed by atoms with E-state index in [0.29, 0.717) is 11.3 Å². The molecule has 134 valence electrons. The second kappa shape index (κ2) is 8.39. The molecule has 1 aliphatic rings. The van der Waals surface area contributed by atoms with Crippen LogP contribution in [0.3, 0.4) is 0 Å². The number of benzene rings is 2. The number of carbonyl (C=O) groups excluding carboxylic acids is 1. The quantitative estimate of drug-likeness (QED) is 0.861. The Bertz CT molecular complexity index is 786. The van der Waals surface area contributed by atoms with Crippen LogP contribution >= 0.6 is 0 Å². The molecule has 0 radical (unpaired) electrons. The average molecular weight is 348 g/mol. The standard InChI is InChI=1S/C21H24N4O/c1-16-10-12-25(13-11-16)19-8-6-18(7-9-19)24-21(26)15-23-20-5-3-2-4-17(20)14-22/h2-9,16,23H,10-13,15H2,1H3,(H,24,26). The highest BCUT2D eigenvalue weighted by molar-refractivity contribution is 5.94. The molecule has 26 heavy (non-hydrogen) atoms. The zero-order valence-electron chi connectivity index (χ0n) is 15.0. The van der Waals surface area contributed by atoms with E-state index in [9.17, 15) is 4.79 Å². The number of hydrogen-bond donors (Lipinski definition) is 2. The molecule has 2 aromatic rings. The molecule has 5 heteroatoms. The minimum absolute atomic E-state index is 0.116. The highest BCUT2D eigenvalue weighted by Crippen LogP contribution is 2.24. The summed E-state index contributed by atoms with van der Waals surface area (Å²) in [5, 5.41) is 15.0. The summed E-state index contributed by atoms with van der Waals surface area (Å²) >= 11 is 0. The fourth-order valence-electron chi connectivity index (χ4n) is 3.14. The zero-order valence-corrected chi connectivity index (χ0v) is 15.0. The van der Waals surface area contributed by atoms with Crippen molar-refractivity contribution in [1.82, 2.24) is 0 Å². The smallest absolute Gasteiger partial charge is 0.243 e. The van der Waals surface area contributed by atoms with E-state index in [-0.39, 0.29) is 12.5 Å². The molecule has 2 N–H and O–H groups in total. The summed E-state index contributed by atoms with van der Waals surface area (Å²) in [6.07, 6.45) is 2.46. The van der Waals surface area contributed by atoms with Crippen LogP contribution in [0, 0.1) is 17.2 Å². The Kier molecular flexibility index (Phi) is 5.75. The van der Waals surface area contributed by atoms with E-state index in [1.807, 2.05) is 18.2 Å². The number of piperidine rings is 1. The van der Waals surface area contributed by atoms with Crippen LogP contribution in [0.1, 0.15) is 25.3 Å². The van der Waals surface area contributed by atoms with Crippen molar-refractivity contribution in [2.45, 2.75) is 19.8 Å². The van der Waals surface area contributed by atoms with Gasteiger partial charge in [-0.3, -0.25) is 4.79 Å². The second-order valence-electron chi connectivity index (χ2n) is 6.78. The summed E-state index contributed by atoms with van der Waals surface area (Å²) in [4.78, 5) is 14.5. The van der Waals surface area contributed by atoms with Gasteiger partial charge in [0.15, 0.2) is 0 Å². The number of anilines is 3. The number of carbonyl (C=O) groups is 1. The number of amides is 1. The van der Waals surface area contributed by atoms with Crippen molar-refractivity contribution in [1.29, 1.82) is 5.26 Å². The van der Waals surface area contributed by atoms with Gasteiger partial charge < -0.3 is 15.5 Å². The lowest BCUT2D eigenvalue weighted by Gasteiger charge is -2.32. The normalized spacial score (nSPS) is 14.5. The summed E-state index contributed by atoms with van der Waals surface area (Å²) in [6, 6.07) is 17.3. The molecule has 0 saturated carbocycles. The second-order valence-corrected chi connectivity index (χ2v) is 6.78. The minimum Gasteiger partial charge on any atom is -0.375 e. The van der Waals surface area contributed by atoms with Crippen molar-refractivity contribution in [3.8, 4) is 6.07 Å². The average Bonchev–Trinajstić information content (AvgIpc) is 2.68. The molecule has 0 unspecified atom stereocenters. The predicted octanol–water partition coefficient (Wildman–Crippen LogP) is 3.85. The van der Waals surface area contributed by atoms with Crippen molar-refractivity contribution < 1.29 is 4.79 Å². The van der Waals surface area contributed by atoms with Crippen LogP contribution < -0.4 is 15.5 Å². The molecule has 1 fully saturated rings. The van der Waals surface area contributed by atoms with E-state index in [2.05, 4.69) is 40.7 Å².